The molecule has 1 atom stereocenters. The lowest BCUT2D eigenvalue weighted by Gasteiger charge is -2.14. The van der Waals surface area contributed by atoms with Gasteiger partial charge in [-0.3, -0.25) is 0 Å². The summed E-state index contributed by atoms with van der Waals surface area (Å²) in [5.41, 5.74) is 5.07. The number of carbonyl (C=O) groups is 1. The predicted octanol–water partition coefficient (Wildman–Crippen LogP) is 2.79. The van der Waals surface area contributed by atoms with Crippen LogP contribution >= 0.6 is 0 Å². The Morgan fingerprint density at radius 3 is 2.36 bits per heavy atom. The number of carbonyl (C=O) groups excluding carboxylic acids is 1. The summed E-state index contributed by atoms with van der Waals surface area (Å²) in [6, 6.07) is -0.125. The molecule has 0 aliphatic rings. The van der Waals surface area contributed by atoms with Gasteiger partial charge in [-0.05, 0) is 12.8 Å². The quantitative estimate of drug-likeness (QED) is 0.582. The van der Waals surface area contributed by atoms with Gasteiger partial charge in [-0.25, -0.2) is 4.79 Å². The largest absolute Gasteiger partial charge is 0.352 e. The van der Waals surface area contributed by atoms with Gasteiger partial charge in [-0.1, -0.05) is 46.0 Å². The molecule has 14 heavy (non-hydrogen) atoms. The number of urea groups is 1. The van der Waals surface area contributed by atoms with Crippen molar-refractivity contribution in [2.24, 2.45) is 5.73 Å². The number of hydrogen-bond acceptors (Lipinski definition) is 1. The van der Waals surface area contributed by atoms with Crippen LogP contribution in [0.15, 0.2) is 0 Å². The molecule has 0 aromatic rings. The maximum absolute atomic E-state index is 10.6. The highest BCUT2D eigenvalue weighted by Crippen LogP contribution is 2.08. The van der Waals surface area contributed by atoms with E-state index >= 15 is 0 Å². The van der Waals surface area contributed by atoms with Crippen molar-refractivity contribution in [1.29, 1.82) is 0 Å². The number of amides is 2. The molecule has 84 valence electrons. The molecule has 3 N–H and O–H groups in total. The number of hydrogen-bond donors (Lipinski definition) is 2. The van der Waals surface area contributed by atoms with Crippen LogP contribution in [0.4, 0.5) is 4.79 Å². The van der Waals surface area contributed by atoms with Crippen LogP contribution in [-0.4, -0.2) is 12.1 Å². The molecule has 0 saturated heterocycles. The first kappa shape index (κ1) is 13.3. The Hall–Kier alpha value is -0.730. The Morgan fingerprint density at radius 1 is 1.21 bits per heavy atom. The topological polar surface area (TPSA) is 55.1 Å². The number of nitrogens with two attached hydrogens (primary N) is 1. The third-order valence-electron chi connectivity index (χ3n) is 2.50. The van der Waals surface area contributed by atoms with Gasteiger partial charge >= 0.3 is 6.03 Å². The standard InChI is InChI=1S/C11H24N2O/c1-3-5-6-7-8-9-10(4-2)13-11(12)14/h10H,3-9H2,1-2H3,(H3,12,13,14). The summed E-state index contributed by atoms with van der Waals surface area (Å²) < 4.78 is 0. The summed E-state index contributed by atoms with van der Waals surface area (Å²) in [7, 11) is 0. The number of nitrogens with one attached hydrogen (secondary N) is 1. The van der Waals surface area contributed by atoms with E-state index < -0.39 is 6.03 Å². The minimum atomic E-state index is -0.398. The van der Waals surface area contributed by atoms with Crippen molar-refractivity contribution in [3.8, 4) is 0 Å². The number of primary amides is 1. The molecular weight excluding hydrogens is 176 g/mol. The van der Waals surface area contributed by atoms with E-state index in [1.807, 2.05) is 0 Å². The molecular formula is C11H24N2O. The van der Waals surface area contributed by atoms with Gasteiger partial charge in [0, 0.05) is 6.04 Å². The smallest absolute Gasteiger partial charge is 0.312 e. The molecule has 1 unspecified atom stereocenters. The van der Waals surface area contributed by atoms with Gasteiger partial charge in [0.2, 0.25) is 0 Å². The van der Waals surface area contributed by atoms with E-state index in [0.717, 1.165) is 12.8 Å². The summed E-state index contributed by atoms with van der Waals surface area (Å²) >= 11 is 0. The lowest BCUT2D eigenvalue weighted by Crippen LogP contribution is -2.38. The molecule has 0 aliphatic carbocycles. The Kier molecular flexibility index (Phi) is 8.39. The summed E-state index contributed by atoms with van der Waals surface area (Å²) in [5.74, 6) is 0. The first-order valence-corrected chi connectivity index (χ1v) is 5.76. The molecule has 3 nitrogen and oxygen atoms in total. The Labute approximate surface area is 87.4 Å². The third-order valence-corrected chi connectivity index (χ3v) is 2.50. The van der Waals surface area contributed by atoms with Crippen LogP contribution < -0.4 is 11.1 Å². The molecule has 3 heteroatoms. The SMILES string of the molecule is CCCCCCCC(CC)NC(N)=O. The van der Waals surface area contributed by atoms with Gasteiger partial charge in [-0.2, -0.15) is 0 Å². The monoisotopic (exact) mass is 200 g/mol. The molecule has 0 rings (SSSR count). The Bertz CT molecular complexity index is 148. The van der Waals surface area contributed by atoms with Crippen molar-refractivity contribution in [2.45, 2.75) is 64.8 Å². The van der Waals surface area contributed by atoms with Crippen LogP contribution in [0.5, 0.6) is 0 Å². The van der Waals surface area contributed by atoms with Gasteiger partial charge in [0.1, 0.15) is 0 Å². The maximum Gasteiger partial charge on any atom is 0.312 e. The third kappa shape index (κ3) is 7.90. The molecule has 0 radical (unpaired) electrons. The van der Waals surface area contributed by atoms with E-state index in [1.165, 1.54) is 32.1 Å². The van der Waals surface area contributed by atoms with Gasteiger partial charge < -0.3 is 11.1 Å². The van der Waals surface area contributed by atoms with Crippen molar-refractivity contribution in [2.75, 3.05) is 0 Å². The fraction of sp³-hybridized carbons (Fsp3) is 0.909. The highest BCUT2D eigenvalue weighted by molar-refractivity contribution is 5.71. The predicted molar refractivity (Wildman–Crippen MR) is 60.2 cm³/mol. The summed E-state index contributed by atoms with van der Waals surface area (Å²) in [6.07, 6.45) is 8.39. The summed E-state index contributed by atoms with van der Waals surface area (Å²) in [4.78, 5) is 10.6. The average Bonchev–Trinajstić information content (AvgIpc) is 2.15. The van der Waals surface area contributed by atoms with Crippen LogP contribution in [0.3, 0.4) is 0 Å². The highest BCUT2D eigenvalue weighted by Gasteiger charge is 2.06. The molecule has 0 aromatic heterocycles. The van der Waals surface area contributed by atoms with Crippen molar-refractivity contribution in [3.63, 3.8) is 0 Å². The van der Waals surface area contributed by atoms with Gasteiger partial charge in [0.05, 0.1) is 0 Å². The Morgan fingerprint density at radius 2 is 1.86 bits per heavy atom. The number of unbranched alkanes of at least 4 members (excludes halogenated alkanes) is 4. The second-order valence-electron chi connectivity index (χ2n) is 3.82. The normalized spacial score (nSPS) is 12.4. The number of rotatable bonds is 8. The van der Waals surface area contributed by atoms with Gasteiger partial charge in [0.15, 0.2) is 0 Å². The molecule has 0 heterocycles. The molecule has 0 saturated carbocycles. The van der Waals surface area contributed by atoms with Crippen LogP contribution in [0.1, 0.15) is 58.8 Å². The van der Waals surface area contributed by atoms with Crippen LogP contribution in [0, 0.1) is 0 Å². The van der Waals surface area contributed by atoms with E-state index in [1.54, 1.807) is 0 Å². The first-order valence-electron chi connectivity index (χ1n) is 5.76. The second kappa shape index (κ2) is 8.85. The zero-order valence-corrected chi connectivity index (χ0v) is 9.51. The van der Waals surface area contributed by atoms with E-state index in [9.17, 15) is 4.79 Å². The van der Waals surface area contributed by atoms with Crippen molar-refractivity contribution in [3.05, 3.63) is 0 Å². The van der Waals surface area contributed by atoms with Crippen LogP contribution in [-0.2, 0) is 0 Å². The average molecular weight is 200 g/mol. The minimum absolute atomic E-state index is 0.272. The van der Waals surface area contributed by atoms with E-state index in [-0.39, 0.29) is 6.04 Å². The van der Waals surface area contributed by atoms with E-state index in [2.05, 4.69) is 19.2 Å². The fourth-order valence-electron chi connectivity index (χ4n) is 1.57. The van der Waals surface area contributed by atoms with Crippen LogP contribution in [0.25, 0.3) is 0 Å². The fourth-order valence-corrected chi connectivity index (χ4v) is 1.57. The molecule has 0 spiro atoms. The lowest BCUT2D eigenvalue weighted by atomic mass is 10.0. The van der Waals surface area contributed by atoms with Crippen molar-refractivity contribution in [1.82, 2.24) is 5.32 Å². The lowest BCUT2D eigenvalue weighted by molar-refractivity contribution is 0.243. The van der Waals surface area contributed by atoms with Crippen LogP contribution in [0.2, 0.25) is 0 Å². The zero-order valence-electron chi connectivity index (χ0n) is 9.51. The highest BCUT2D eigenvalue weighted by atomic mass is 16.2. The van der Waals surface area contributed by atoms with E-state index in [4.69, 9.17) is 5.73 Å². The molecule has 0 fully saturated rings. The van der Waals surface area contributed by atoms with Gasteiger partial charge in [0.25, 0.3) is 0 Å². The van der Waals surface area contributed by atoms with E-state index in [0.29, 0.717) is 0 Å². The Balaban J connectivity index is 3.38. The molecule has 0 aliphatic heterocycles. The molecule has 2 amide bonds. The van der Waals surface area contributed by atoms with Crippen molar-refractivity contribution >= 4 is 6.03 Å². The summed E-state index contributed by atoms with van der Waals surface area (Å²) in [6.45, 7) is 4.29. The minimum Gasteiger partial charge on any atom is -0.352 e. The van der Waals surface area contributed by atoms with Gasteiger partial charge in [-0.15, -0.1) is 0 Å². The van der Waals surface area contributed by atoms with Crippen molar-refractivity contribution < 1.29 is 4.79 Å². The second-order valence-corrected chi connectivity index (χ2v) is 3.82. The maximum atomic E-state index is 10.6. The molecule has 0 bridgehead atoms. The summed E-state index contributed by atoms with van der Waals surface area (Å²) in [5, 5.41) is 2.76. The first-order chi connectivity index (χ1) is 6.70. The molecule has 0 aromatic carbocycles. The zero-order chi connectivity index (χ0) is 10.8.